The number of hydrogen-bond acceptors (Lipinski definition) is 7. The van der Waals surface area contributed by atoms with Crippen molar-refractivity contribution in [3.05, 3.63) is 33.2 Å². The number of aromatic amines is 1. The molecule has 9 heteroatoms. The summed E-state index contributed by atoms with van der Waals surface area (Å²) in [6.45, 7) is 0. The summed E-state index contributed by atoms with van der Waals surface area (Å²) in [7, 11) is 0. The Morgan fingerprint density at radius 1 is 1.39 bits per heavy atom. The average Bonchev–Trinajstić information content (AvgIpc) is 2.33. The standard InChI is InChI=1S/C9H6N4O4S/c14-7-2-4(1-6(8(7)15)13(16)17)5-3-10-9(18)12-11-5/h1-3,14-15H,(H,10,12,18). The minimum Gasteiger partial charge on any atom is -0.504 e. The number of aromatic hydroxyl groups is 2. The molecule has 3 N–H and O–H groups in total. The first kappa shape index (κ1) is 11.9. The second kappa shape index (κ2) is 4.37. The molecule has 2 aromatic rings. The van der Waals surface area contributed by atoms with Crippen molar-refractivity contribution in [3.63, 3.8) is 0 Å². The fourth-order valence-electron chi connectivity index (χ4n) is 1.32. The molecule has 1 aromatic heterocycles. The van der Waals surface area contributed by atoms with E-state index in [1.165, 1.54) is 6.20 Å². The van der Waals surface area contributed by atoms with Crippen molar-refractivity contribution in [1.82, 2.24) is 15.2 Å². The van der Waals surface area contributed by atoms with Gasteiger partial charge in [-0.25, -0.2) is 4.98 Å². The molecule has 0 unspecified atom stereocenters. The molecule has 0 radical (unpaired) electrons. The van der Waals surface area contributed by atoms with Crippen LogP contribution in [-0.4, -0.2) is 30.3 Å². The number of rotatable bonds is 2. The summed E-state index contributed by atoms with van der Waals surface area (Å²) in [5.74, 6) is -1.40. The largest absolute Gasteiger partial charge is 0.504 e. The zero-order chi connectivity index (χ0) is 13.3. The van der Waals surface area contributed by atoms with Crippen LogP contribution in [0, 0.1) is 14.9 Å². The van der Waals surface area contributed by atoms with Gasteiger partial charge in [0.25, 0.3) is 0 Å². The number of aromatic nitrogens is 3. The number of benzene rings is 1. The maximum absolute atomic E-state index is 10.7. The number of H-pyrrole nitrogens is 1. The molecule has 1 heterocycles. The van der Waals surface area contributed by atoms with Crippen LogP contribution < -0.4 is 0 Å². The number of hydrogen-bond donors (Lipinski definition) is 3. The van der Waals surface area contributed by atoms with Gasteiger partial charge < -0.3 is 10.2 Å². The lowest BCUT2D eigenvalue weighted by Crippen LogP contribution is -1.93. The first-order chi connectivity index (χ1) is 8.49. The molecule has 0 amide bonds. The smallest absolute Gasteiger partial charge is 0.315 e. The van der Waals surface area contributed by atoms with Gasteiger partial charge in [-0.15, -0.1) is 0 Å². The second-order valence-electron chi connectivity index (χ2n) is 3.29. The van der Waals surface area contributed by atoms with E-state index in [1.54, 1.807) is 0 Å². The van der Waals surface area contributed by atoms with Crippen molar-refractivity contribution in [2.45, 2.75) is 0 Å². The molecule has 0 saturated heterocycles. The van der Waals surface area contributed by atoms with Gasteiger partial charge in [-0.1, -0.05) is 0 Å². The minimum absolute atomic E-state index is 0.163. The highest BCUT2D eigenvalue weighted by Gasteiger charge is 2.19. The Labute approximate surface area is 105 Å². The highest BCUT2D eigenvalue weighted by molar-refractivity contribution is 7.71. The Hall–Kier alpha value is -2.55. The van der Waals surface area contributed by atoms with Crippen molar-refractivity contribution < 1.29 is 15.1 Å². The van der Waals surface area contributed by atoms with Crippen LogP contribution in [0.4, 0.5) is 5.69 Å². The summed E-state index contributed by atoms with van der Waals surface area (Å²) < 4.78 is 0.163. The predicted molar refractivity (Wildman–Crippen MR) is 62.6 cm³/mol. The Balaban J connectivity index is 2.62. The van der Waals surface area contributed by atoms with Crippen molar-refractivity contribution in [2.24, 2.45) is 0 Å². The van der Waals surface area contributed by atoms with Gasteiger partial charge in [-0.05, 0) is 18.3 Å². The molecule has 0 spiro atoms. The van der Waals surface area contributed by atoms with E-state index in [-0.39, 0.29) is 16.0 Å². The van der Waals surface area contributed by atoms with E-state index in [9.17, 15) is 20.3 Å². The van der Waals surface area contributed by atoms with Crippen LogP contribution in [0.25, 0.3) is 11.3 Å². The Kier molecular flexibility index (Phi) is 2.90. The molecule has 0 aliphatic carbocycles. The molecule has 92 valence electrons. The third-order valence-electron chi connectivity index (χ3n) is 2.14. The maximum atomic E-state index is 10.7. The third-order valence-corrected chi connectivity index (χ3v) is 2.33. The molecule has 8 nitrogen and oxygen atoms in total. The minimum atomic E-state index is -0.808. The number of nitro benzene ring substituents is 1. The van der Waals surface area contributed by atoms with Crippen molar-refractivity contribution in [1.29, 1.82) is 0 Å². The fraction of sp³-hybridized carbons (Fsp3) is 0. The molecule has 0 atom stereocenters. The summed E-state index contributed by atoms with van der Waals surface area (Å²) in [4.78, 5) is 13.6. The van der Waals surface area contributed by atoms with Crippen molar-refractivity contribution >= 4 is 17.9 Å². The first-order valence-electron chi connectivity index (χ1n) is 4.61. The monoisotopic (exact) mass is 266 g/mol. The predicted octanol–water partition coefficient (Wildman–Crippen LogP) is 1.52. The Morgan fingerprint density at radius 2 is 2.11 bits per heavy atom. The zero-order valence-electron chi connectivity index (χ0n) is 8.69. The van der Waals surface area contributed by atoms with Gasteiger partial charge in [0.2, 0.25) is 10.5 Å². The average molecular weight is 266 g/mol. The van der Waals surface area contributed by atoms with Crippen molar-refractivity contribution in [3.8, 4) is 22.8 Å². The molecule has 2 rings (SSSR count). The first-order valence-corrected chi connectivity index (χ1v) is 5.02. The van der Waals surface area contributed by atoms with Gasteiger partial charge >= 0.3 is 5.69 Å². The molecule has 0 saturated carbocycles. The number of nitrogens with one attached hydrogen (secondary N) is 1. The maximum Gasteiger partial charge on any atom is 0.315 e. The van der Waals surface area contributed by atoms with E-state index in [0.717, 1.165) is 12.1 Å². The van der Waals surface area contributed by atoms with E-state index in [4.69, 9.17) is 12.2 Å². The molecule has 1 aromatic carbocycles. The summed E-state index contributed by atoms with van der Waals surface area (Å²) >= 11 is 4.71. The number of phenolic OH excluding ortho intramolecular Hbond substituents is 2. The van der Waals surface area contributed by atoms with Gasteiger partial charge in [-0.3, -0.25) is 15.2 Å². The lowest BCUT2D eigenvalue weighted by Gasteiger charge is -2.03. The van der Waals surface area contributed by atoms with Crippen LogP contribution in [0.3, 0.4) is 0 Å². The van der Waals surface area contributed by atoms with Gasteiger partial charge in [0.1, 0.15) is 5.69 Å². The Morgan fingerprint density at radius 3 is 2.67 bits per heavy atom. The van der Waals surface area contributed by atoms with Gasteiger partial charge in [0.15, 0.2) is 5.75 Å². The third kappa shape index (κ3) is 2.11. The van der Waals surface area contributed by atoms with Crippen LogP contribution in [0.2, 0.25) is 0 Å². The van der Waals surface area contributed by atoms with Crippen LogP contribution >= 0.6 is 12.2 Å². The van der Waals surface area contributed by atoms with E-state index < -0.39 is 22.1 Å². The van der Waals surface area contributed by atoms with Crippen LogP contribution in [0.1, 0.15) is 0 Å². The molecule has 0 bridgehead atoms. The number of phenols is 2. The van der Waals surface area contributed by atoms with E-state index >= 15 is 0 Å². The van der Waals surface area contributed by atoms with E-state index in [2.05, 4.69) is 15.2 Å². The number of nitro groups is 1. The summed E-state index contributed by atoms with van der Waals surface area (Å²) in [6.07, 6.45) is 1.30. The molecular formula is C9H6N4O4S. The second-order valence-corrected chi connectivity index (χ2v) is 3.68. The highest BCUT2D eigenvalue weighted by Crippen LogP contribution is 2.38. The van der Waals surface area contributed by atoms with Crippen LogP contribution in [0.5, 0.6) is 11.5 Å². The zero-order valence-corrected chi connectivity index (χ0v) is 9.51. The topological polar surface area (TPSA) is 125 Å². The molecule has 0 aliphatic rings. The molecule has 0 fully saturated rings. The van der Waals surface area contributed by atoms with Crippen LogP contribution in [-0.2, 0) is 0 Å². The molecular weight excluding hydrogens is 260 g/mol. The van der Waals surface area contributed by atoms with E-state index in [0.29, 0.717) is 0 Å². The molecule has 0 aliphatic heterocycles. The summed E-state index contributed by atoms with van der Waals surface area (Å²) in [5, 5.41) is 35.7. The molecule has 18 heavy (non-hydrogen) atoms. The highest BCUT2D eigenvalue weighted by atomic mass is 32.1. The van der Waals surface area contributed by atoms with Crippen molar-refractivity contribution in [2.75, 3.05) is 0 Å². The number of nitrogens with zero attached hydrogens (tertiary/aromatic N) is 3. The van der Waals surface area contributed by atoms with Gasteiger partial charge in [0, 0.05) is 11.6 Å². The fourth-order valence-corrected chi connectivity index (χ4v) is 1.41. The van der Waals surface area contributed by atoms with Crippen LogP contribution in [0.15, 0.2) is 18.3 Å². The lowest BCUT2D eigenvalue weighted by atomic mass is 10.1. The quantitative estimate of drug-likeness (QED) is 0.325. The summed E-state index contributed by atoms with van der Waals surface area (Å²) in [5.41, 5.74) is -0.132. The lowest BCUT2D eigenvalue weighted by molar-refractivity contribution is -0.385. The van der Waals surface area contributed by atoms with E-state index in [1.807, 2.05) is 0 Å². The van der Waals surface area contributed by atoms with Gasteiger partial charge in [0.05, 0.1) is 11.1 Å². The van der Waals surface area contributed by atoms with Gasteiger partial charge in [-0.2, -0.15) is 5.10 Å². The summed E-state index contributed by atoms with van der Waals surface area (Å²) in [6, 6.07) is 2.22. The SMILES string of the molecule is O=[N+]([O-])c1cc(-c2cnc(=S)[nH]n2)cc(O)c1O. The normalized spacial score (nSPS) is 10.2. The Bertz CT molecular complexity index is 664.